The standard InChI is InChI=1S/C17H23N3O2/c1-14-5-3-4-6-16(14)22-13-17(21)7-8-20(12-17)11-15-9-18-19(2)10-15/h3-6,9-10,21H,7-8,11-13H2,1-2H3/t17-/m0/s1. The molecule has 0 unspecified atom stereocenters. The molecule has 0 radical (unpaired) electrons. The van der Waals surface area contributed by atoms with E-state index in [0.717, 1.165) is 30.8 Å². The molecule has 1 aliphatic heterocycles. The minimum atomic E-state index is -0.773. The van der Waals surface area contributed by atoms with Crippen molar-refractivity contribution in [2.24, 2.45) is 7.05 Å². The number of rotatable bonds is 5. The molecule has 0 bridgehead atoms. The van der Waals surface area contributed by atoms with E-state index >= 15 is 0 Å². The molecule has 1 aliphatic rings. The molecule has 1 aromatic carbocycles. The van der Waals surface area contributed by atoms with E-state index in [1.165, 1.54) is 5.56 Å². The summed E-state index contributed by atoms with van der Waals surface area (Å²) in [6.45, 7) is 4.68. The van der Waals surface area contributed by atoms with Gasteiger partial charge in [-0.3, -0.25) is 9.58 Å². The lowest BCUT2D eigenvalue weighted by Gasteiger charge is -2.24. The van der Waals surface area contributed by atoms with Crippen LogP contribution in [0, 0.1) is 6.92 Å². The first-order chi connectivity index (χ1) is 10.5. The Bertz CT molecular complexity index is 640. The van der Waals surface area contributed by atoms with Gasteiger partial charge in [-0.25, -0.2) is 0 Å². The highest BCUT2D eigenvalue weighted by atomic mass is 16.5. The van der Waals surface area contributed by atoms with Crippen LogP contribution in [0.25, 0.3) is 0 Å². The average Bonchev–Trinajstić information content (AvgIpc) is 3.05. The third kappa shape index (κ3) is 3.48. The molecule has 0 saturated carbocycles. The third-order valence-corrected chi connectivity index (χ3v) is 4.17. The van der Waals surface area contributed by atoms with Crippen LogP contribution in [0.15, 0.2) is 36.7 Å². The molecule has 1 aromatic heterocycles. The Hall–Kier alpha value is -1.85. The van der Waals surface area contributed by atoms with Gasteiger partial charge in [0.1, 0.15) is 18.0 Å². The summed E-state index contributed by atoms with van der Waals surface area (Å²) >= 11 is 0. The topological polar surface area (TPSA) is 50.5 Å². The number of hydrogen-bond acceptors (Lipinski definition) is 4. The number of hydrogen-bond donors (Lipinski definition) is 1. The summed E-state index contributed by atoms with van der Waals surface area (Å²) < 4.78 is 7.64. The number of para-hydroxylation sites is 1. The van der Waals surface area contributed by atoms with Gasteiger partial charge in [-0.05, 0) is 25.0 Å². The Labute approximate surface area is 131 Å². The molecule has 2 aromatic rings. The zero-order chi connectivity index (χ0) is 15.6. The van der Waals surface area contributed by atoms with Crippen LogP contribution in [0.5, 0.6) is 5.75 Å². The highest BCUT2D eigenvalue weighted by Gasteiger charge is 2.37. The van der Waals surface area contributed by atoms with Crippen LogP contribution in [0.2, 0.25) is 0 Å². The van der Waals surface area contributed by atoms with Gasteiger partial charge in [-0.1, -0.05) is 18.2 Å². The molecule has 1 fully saturated rings. The largest absolute Gasteiger partial charge is 0.490 e. The summed E-state index contributed by atoms with van der Waals surface area (Å²) in [5, 5.41) is 14.9. The lowest BCUT2D eigenvalue weighted by Crippen LogP contribution is -2.39. The van der Waals surface area contributed by atoms with Crippen molar-refractivity contribution >= 4 is 0 Å². The first-order valence-electron chi connectivity index (χ1n) is 7.65. The average molecular weight is 301 g/mol. The Morgan fingerprint density at radius 1 is 1.36 bits per heavy atom. The monoisotopic (exact) mass is 301 g/mol. The van der Waals surface area contributed by atoms with E-state index in [9.17, 15) is 5.11 Å². The van der Waals surface area contributed by atoms with Crippen molar-refractivity contribution in [1.82, 2.24) is 14.7 Å². The Kier molecular flexibility index (Phi) is 4.18. The lowest BCUT2D eigenvalue weighted by atomic mass is 10.1. The molecule has 0 spiro atoms. The van der Waals surface area contributed by atoms with Gasteiger partial charge in [0, 0.05) is 38.4 Å². The number of aliphatic hydroxyl groups is 1. The second-order valence-electron chi connectivity index (χ2n) is 6.26. The Balaban J connectivity index is 1.55. The van der Waals surface area contributed by atoms with Crippen molar-refractivity contribution in [3.8, 4) is 5.75 Å². The summed E-state index contributed by atoms with van der Waals surface area (Å²) in [5.41, 5.74) is 1.49. The maximum Gasteiger partial charge on any atom is 0.122 e. The number of ether oxygens (including phenoxy) is 1. The smallest absolute Gasteiger partial charge is 0.122 e. The summed E-state index contributed by atoms with van der Waals surface area (Å²) in [6.07, 6.45) is 4.63. The Morgan fingerprint density at radius 2 is 2.18 bits per heavy atom. The lowest BCUT2D eigenvalue weighted by molar-refractivity contribution is 0.00320. The number of nitrogens with zero attached hydrogens (tertiary/aromatic N) is 3. The zero-order valence-electron chi connectivity index (χ0n) is 13.2. The van der Waals surface area contributed by atoms with Crippen LogP contribution in [-0.2, 0) is 13.6 Å². The van der Waals surface area contributed by atoms with Crippen molar-refractivity contribution in [3.05, 3.63) is 47.8 Å². The van der Waals surface area contributed by atoms with Crippen LogP contribution in [0.3, 0.4) is 0 Å². The third-order valence-electron chi connectivity index (χ3n) is 4.17. The number of likely N-dealkylation sites (tertiary alicyclic amines) is 1. The van der Waals surface area contributed by atoms with Gasteiger partial charge in [0.2, 0.25) is 0 Å². The van der Waals surface area contributed by atoms with E-state index in [2.05, 4.69) is 10.00 Å². The molecule has 3 rings (SSSR count). The summed E-state index contributed by atoms with van der Waals surface area (Å²) in [4.78, 5) is 2.25. The molecular weight excluding hydrogens is 278 g/mol. The van der Waals surface area contributed by atoms with Crippen LogP contribution in [0.1, 0.15) is 17.5 Å². The highest BCUT2D eigenvalue weighted by molar-refractivity contribution is 5.31. The molecule has 1 saturated heterocycles. The normalized spacial score (nSPS) is 22.1. The van der Waals surface area contributed by atoms with Gasteiger partial charge in [-0.15, -0.1) is 0 Å². The van der Waals surface area contributed by atoms with Gasteiger partial charge in [0.15, 0.2) is 0 Å². The number of benzene rings is 1. The van der Waals surface area contributed by atoms with Crippen molar-refractivity contribution in [2.75, 3.05) is 19.7 Å². The molecule has 5 heteroatoms. The van der Waals surface area contributed by atoms with Crippen molar-refractivity contribution in [1.29, 1.82) is 0 Å². The maximum absolute atomic E-state index is 10.7. The fraction of sp³-hybridized carbons (Fsp3) is 0.471. The first-order valence-corrected chi connectivity index (χ1v) is 7.65. The van der Waals surface area contributed by atoms with Crippen molar-refractivity contribution < 1.29 is 9.84 Å². The molecule has 118 valence electrons. The van der Waals surface area contributed by atoms with Crippen LogP contribution >= 0.6 is 0 Å². The molecule has 2 heterocycles. The van der Waals surface area contributed by atoms with E-state index in [-0.39, 0.29) is 0 Å². The van der Waals surface area contributed by atoms with E-state index in [0.29, 0.717) is 13.2 Å². The molecular formula is C17H23N3O2. The van der Waals surface area contributed by atoms with Crippen molar-refractivity contribution in [2.45, 2.75) is 25.5 Å². The fourth-order valence-corrected chi connectivity index (χ4v) is 2.94. The Morgan fingerprint density at radius 3 is 2.91 bits per heavy atom. The molecule has 5 nitrogen and oxygen atoms in total. The quantitative estimate of drug-likeness (QED) is 0.914. The van der Waals surface area contributed by atoms with Crippen LogP contribution < -0.4 is 4.74 Å². The van der Waals surface area contributed by atoms with E-state index in [4.69, 9.17) is 4.74 Å². The molecule has 0 amide bonds. The predicted molar refractivity (Wildman–Crippen MR) is 84.7 cm³/mol. The SMILES string of the molecule is Cc1ccccc1OC[C@]1(O)CCN(Cc2cnn(C)c2)C1. The number of aryl methyl sites for hydroxylation is 2. The maximum atomic E-state index is 10.7. The first kappa shape index (κ1) is 15.1. The van der Waals surface area contributed by atoms with Crippen molar-refractivity contribution in [3.63, 3.8) is 0 Å². The highest BCUT2D eigenvalue weighted by Crippen LogP contribution is 2.25. The van der Waals surface area contributed by atoms with Crippen LogP contribution in [-0.4, -0.2) is 45.1 Å². The predicted octanol–water partition coefficient (Wildman–Crippen LogP) is 1.74. The fourth-order valence-electron chi connectivity index (χ4n) is 2.94. The zero-order valence-corrected chi connectivity index (χ0v) is 13.2. The number of aromatic nitrogens is 2. The second kappa shape index (κ2) is 6.10. The van der Waals surface area contributed by atoms with E-state index < -0.39 is 5.60 Å². The summed E-state index contributed by atoms with van der Waals surface area (Å²) in [6, 6.07) is 7.90. The van der Waals surface area contributed by atoms with Crippen LogP contribution in [0.4, 0.5) is 0 Å². The van der Waals surface area contributed by atoms with Gasteiger partial charge in [0.25, 0.3) is 0 Å². The summed E-state index contributed by atoms with van der Waals surface area (Å²) in [5.74, 6) is 0.849. The van der Waals surface area contributed by atoms with Gasteiger partial charge >= 0.3 is 0 Å². The van der Waals surface area contributed by atoms with Gasteiger partial charge in [0.05, 0.1) is 6.20 Å². The minimum absolute atomic E-state index is 0.335. The molecule has 22 heavy (non-hydrogen) atoms. The van der Waals surface area contributed by atoms with E-state index in [1.807, 2.05) is 50.6 Å². The molecule has 0 aliphatic carbocycles. The molecule has 1 atom stereocenters. The molecule has 1 N–H and O–H groups in total. The minimum Gasteiger partial charge on any atom is -0.490 e. The second-order valence-corrected chi connectivity index (χ2v) is 6.26. The number of β-amino-alcohol motifs (C(OH)–C–C–N with tert-alkyl or cyclic N) is 1. The van der Waals surface area contributed by atoms with E-state index in [1.54, 1.807) is 4.68 Å². The summed E-state index contributed by atoms with van der Waals surface area (Å²) in [7, 11) is 1.92. The van der Waals surface area contributed by atoms with Gasteiger partial charge < -0.3 is 9.84 Å². The van der Waals surface area contributed by atoms with Gasteiger partial charge in [-0.2, -0.15) is 5.10 Å².